The lowest BCUT2D eigenvalue weighted by Crippen LogP contribution is -2.42. The zero-order valence-corrected chi connectivity index (χ0v) is 20.7. The van der Waals surface area contributed by atoms with Crippen LogP contribution in [0.25, 0.3) is 16.7 Å². The summed E-state index contributed by atoms with van der Waals surface area (Å²) in [4.78, 5) is 27.7. The van der Waals surface area contributed by atoms with Crippen LogP contribution < -0.4 is 5.56 Å². The molecule has 0 N–H and O–H groups in total. The summed E-state index contributed by atoms with van der Waals surface area (Å²) >= 11 is 1.25. The number of hydrogen-bond acceptors (Lipinski definition) is 7. The monoisotopic (exact) mass is 491 g/mol. The van der Waals surface area contributed by atoms with Crippen molar-refractivity contribution in [3.05, 3.63) is 34.6 Å². The molecule has 0 radical (unpaired) electrons. The number of amides is 1. The quantitative estimate of drug-likeness (QED) is 0.445. The molecule has 0 aliphatic carbocycles. The molecule has 9 nitrogen and oxygen atoms in total. The van der Waals surface area contributed by atoms with E-state index in [0.29, 0.717) is 47.3 Å². The third-order valence-corrected chi connectivity index (χ3v) is 8.71. The van der Waals surface area contributed by atoms with Crippen molar-refractivity contribution in [3.63, 3.8) is 0 Å². The van der Waals surface area contributed by atoms with Crippen LogP contribution in [-0.2, 0) is 21.2 Å². The van der Waals surface area contributed by atoms with Crippen molar-refractivity contribution in [1.82, 2.24) is 24.1 Å². The van der Waals surface area contributed by atoms with Crippen LogP contribution in [0, 0.1) is 5.92 Å². The number of para-hydroxylation sites is 1. The summed E-state index contributed by atoms with van der Waals surface area (Å²) in [6.45, 7) is 7.06. The highest BCUT2D eigenvalue weighted by atomic mass is 32.2. The van der Waals surface area contributed by atoms with Gasteiger partial charge < -0.3 is 4.90 Å². The van der Waals surface area contributed by atoms with E-state index < -0.39 is 9.84 Å². The highest BCUT2D eigenvalue weighted by Crippen LogP contribution is 2.24. The van der Waals surface area contributed by atoms with Gasteiger partial charge in [-0.15, -0.1) is 10.2 Å². The highest BCUT2D eigenvalue weighted by molar-refractivity contribution is 7.99. The summed E-state index contributed by atoms with van der Waals surface area (Å²) in [5.41, 5.74) is 0.603. The Morgan fingerprint density at radius 3 is 2.70 bits per heavy atom. The Bertz CT molecular complexity index is 1350. The maximum Gasteiger partial charge on any atom is 0.262 e. The number of sulfone groups is 1. The van der Waals surface area contributed by atoms with E-state index >= 15 is 0 Å². The maximum absolute atomic E-state index is 13.1. The first-order valence-electron chi connectivity index (χ1n) is 11.2. The molecule has 4 rings (SSSR count). The molecule has 1 aliphatic heterocycles. The maximum atomic E-state index is 13.1. The summed E-state index contributed by atoms with van der Waals surface area (Å²) in [6, 6.07) is 7.07. The van der Waals surface area contributed by atoms with Crippen LogP contribution in [0.1, 0.15) is 33.6 Å². The molecule has 2 aromatic heterocycles. The number of aryl methyl sites for hydroxylation is 1. The third kappa shape index (κ3) is 4.79. The zero-order valence-electron chi connectivity index (χ0n) is 19.1. The summed E-state index contributed by atoms with van der Waals surface area (Å²) in [5, 5.41) is 9.71. The van der Waals surface area contributed by atoms with Gasteiger partial charge in [0, 0.05) is 19.1 Å². The number of rotatable bonds is 8. The third-order valence-electron chi connectivity index (χ3n) is 6.04. The molecule has 1 aromatic carbocycles. The Hall–Kier alpha value is -2.40. The molecule has 33 heavy (non-hydrogen) atoms. The van der Waals surface area contributed by atoms with Gasteiger partial charge in [0.15, 0.2) is 15.0 Å². The van der Waals surface area contributed by atoms with E-state index in [9.17, 15) is 18.0 Å². The number of carbonyl (C=O) groups is 1. The van der Waals surface area contributed by atoms with Gasteiger partial charge in [0.1, 0.15) is 0 Å². The summed E-state index contributed by atoms with van der Waals surface area (Å²) in [7, 11) is -3.08. The van der Waals surface area contributed by atoms with Crippen LogP contribution >= 0.6 is 11.8 Å². The van der Waals surface area contributed by atoms with E-state index in [4.69, 9.17) is 0 Å². The van der Waals surface area contributed by atoms with Gasteiger partial charge in [-0.2, -0.15) is 0 Å². The molecular weight excluding hydrogens is 462 g/mol. The summed E-state index contributed by atoms with van der Waals surface area (Å²) in [5.74, 6) is 1.03. The lowest BCUT2D eigenvalue weighted by Gasteiger charge is -2.26. The van der Waals surface area contributed by atoms with Crippen molar-refractivity contribution in [2.75, 3.05) is 23.8 Å². The molecule has 3 heterocycles. The van der Waals surface area contributed by atoms with Crippen LogP contribution in [0.15, 0.2) is 34.2 Å². The number of thioether (sulfide) groups is 1. The van der Waals surface area contributed by atoms with Gasteiger partial charge >= 0.3 is 0 Å². The van der Waals surface area contributed by atoms with E-state index in [1.807, 2.05) is 29.5 Å². The molecule has 3 aromatic rings. The topological polar surface area (TPSA) is 107 Å². The van der Waals surface area contributed by atoms with Gasteiger partial charge in [-0.1, -0.05) is 37.7 Å². The van der Waals surface area contributed by atoms with Gasteiger partial charge in [0.05, 0.1) is 28.2 Å². The number of nitrogens with zero attached hydrogens (tertiary/aromatic N) is 5. The molecule has 1 amide bonds. The largest absolute Gasteiger partial charge is 0.338 e. The Kier molecular flexibility index (Phi) is 6.81. The molecule has 1 atom stereocenters. The lowest BCUT2D eigenvalue weighted by molar-refractivity contribution is -0.129. The minimum absolute atomic E-state index is 0.0257. The first kappa shape index (κ1) is 23.7. The van der Waals surface area contributed by atoms with E-state index in [1.165, 1.54) is 11.8 Å². The van der Waals surface area contributed by atoms with Crippen LogP contribution in [0.2, 0.25) is 0 Å². The van der Waals surface area contributed by atoms with Gasteiger partial charge in [0.25, 0.3) is 5.56 Å². The Labute approximate surface area is 197 Å². The molecule has 178 valence electrons. The zero-order chi connectivity index (χ0) is 23.8. The molecular formula is C22H29N5O4S2. The second kappa shape index (κ2) is 9.46. The van der Waals surface area contributed by atoms with Crippen LogP contribution in [-0.4, -0.2) is 68.2 Å². The SMILES string of the molecule is CCN(C(=O)CSc1nnc2n(CCC(C)C)c(=O)c3ccccc3n12)C1CCS(=O)(=O)C1. The highest BCUT2D eigenvalue weighted by Gasteiger charge is 2.34. The van der Waals surface area contributed by atoms with Gasteiger partial charge in [-0.05, 0) is 37.8 Å². The van der Waals surface area contributed by atoms with Gasteiger partial charge in [-0.3, -0.25) is 18.6 Å². The number of fused-ring (bicyclic) bond motifs is 3. The van der Waals surface area contributed by atoms with Crippen LogP contribution in [0.4, 0.5) is 0 Å². The molecule has 0 saturated carbocycles. The van der Waals surface area contributed by atoms with Gasteiger partial charge in [-0.25, -0.2) is 8.42 Å². The molecule has 1 fully saturated rings. The van der Waals surface area contributed by atoms with Crippen molar-refractivity contribution in [3.8, 4) is 0 Å². The second-order valence-corrected chi connectivity index (χ2v) is 12.0. The Balaban J connectivity index is 1.65. The molecule has 11 heteroatoms. The fourth-order valence-corrected chi connectivity index (χ4v) is 6.84. The molecule has 0 bridgehead atoms. The number of hydrogen-bond donors (Lipinski definition) is 0. The number of carbonyl (C=O) groups excluding carboxylic acids is 1. The van der Waals surface area contributed by atoms with Crippen molar-refractivity contribution >= 4 is 44.2 Å². The summed E-state index contributed by atoms with van der Waals surface area (Å²) in [6.07, 6.45) is 1.31. The minimum atomic E-state index is -3.08. The van der Waals surface area contributed by atoms with E-state index in [2.05, 4.69) is 24.0 Å². The first-order valence-corrected chi connectivity index (χ1v) is 14.0. The van der Waals surface area contributed by atoms with Crippen LogP contribution in [0.3, 0.4) is 0 Å². The number of benzene rings is 1. The average molecular weight is 492 g/mol. The molecule has 1 aliphatic rings. The van der Waals surface area contributed by atoms with Crippen molar-refractivity contribution < 1.29 is 13.2 Å². The molecule has 1 saturated heterocycles. The Morgan fingerprint density at radius 1 is 1.27 bits per heavy atom. The van der Waals surface area contributed by atoms with Crippen LogP contribution in [0.5, 0.6) is 0 Å². The van der Waals surface area contributed by atoms with E-state index in [0.717, 1.165) is 6.42 Å². The van der Waals surface area contributed by atoms with Gasteiger partial charge in [0.2, 0.25) is 11.7 Å². The second-order valence-electron chi connectivity index (χ2n) is 8.80. The first-order chi connectivity index (χ1) is 15.7. The normalized spacial score (nSPS) is 17.9. The minimum Gasteiger partial charge on any atom is -0.338 e. The van der Waals surface area contributed by atoms with E-state index in [1.54, 1.807) is 15.5 Å². The van der Waals surface area contributed by atoms with E-state index in [-0.39, 0.29) is 34.8 Å². The van der Waals surface area contributed by atoms with Crippen molar-refractivity contribution in [1.29, 1.82) is 0 Å². The van der Waals surface area contributed by atoms with Crippen molar-refractivity contribution in [2.24, 2.45) is 5.92 Å². The molecule has 0 spiro atoms. The fraction of sp³-hybridized carbons (Fsp3) is 0.545. The number of aromatic nitrogens is 4. The van der Waals surface area contributed by atoms with Crippen molar-refractivity contribution in [2.45, 2.75) is 51.4 Å². The average Bonchev–Trinajstić information content (AvgIpc) is 3.35. The smallest absolute Gasteiger partial charge is 0.262 e. The predicted molar refractivity (Wildman–Crippen MR) is 129 cm³/mol. The predicted octanol–water partition coefficient (Wildman–Crippen LogP) is 2.22. The lowest BCUT2D eigenvalue weighted by atomic mass is 10.1. The Morgan fingerprint density at radius 2 is 2.03 bits per heavy atom. The summed E-state index contributed by atoms with van der Waals surface area (Å²) < 4.78 is 27.2. The standard InChI is InChI=1S/C22H29N5O4S2/c1-4-25(16-10-12-33(30,31)14-16)19(28)13-32-22-24-23-21-26(11-9-15(2)3)20(29)17-7-5-6-8-18(17)27(21)22/h5-8,15-16H,4,9-14H2,1-3H3. The molecule has 1 unspecified atom stereocenters. The fourth-order valence-electron chi connectivity index (χ4n) is 4.28.